The molecule has 0 saturated heterocycles. The van der Waals surface area contributed by atoms with E-state index in [0.29, 0.717) is 11.1 Å². The van der Waals surface area contributed by atoms with Gasteiger partial charge in [0.2, 0.25) is 5.91 Å². The summed E-state index contributed by atoms with van der Waals surface area (Å²) in [5.74, 6) is -1.82. The van der Waals surface area contributed by atoms with Crippen LogP contribution in [0.2, 0.25) is 0 Å². The zero-order valence-corrected chi connectivity index (χ0v) is 14.4. The minimum Gasteiger partial charge on any atom is -0.366 e. The fourth-order valence-corrected chi connectivity index (χ4v) is 3.24. The minimum absolute atomic E-state index is 0.158. The lowest BCUT2D eigenvalue weighted by atomic mass is 9.96. The van der Waals surface area contributed by atoms with Gasteiger partial charge >= 0.3 is 0 Å². The summed E-state index contributed by atoms with van der Waals surface area (Å²) in [5, 5.41) is 4.27. The normalized spacial score (nSPS) is 11.1. The lowest BCUT2D eigenvalue weighted by Gasteiger charge is -2.09. The third-order valence-corrected chi connectivity index (χ3v) is 4.59. The second-order valence-electron chi connectivity index (χ2n) is 6.25. The topological polar surface area (TPSA) is 60.4 Å². The van der Waals surface area contributed by atoms with Crippen molar-refractivity contribution in [2.75, 3.05) is 0 Å². The minimum atomic E-state index is -0.663. The fourth-order valence-electron chi connectivity index (χ4n) is 3.24. The molecule has 4 rings (SSSR count). The predicted octanol–water partition coefficient (Wildman–Crippen LogP) is 4.35. The van der Waals surface area contributed by atoms with Gasteiger partial charge in [0.05, 0.1) is 16.8 Å². The van der Waals surface area contributed by atoms with E-state index in [0.717, 1.165) is 16.7 Å². The molecule has 0 saturated carbocycles. The lowest BCUT2D eigenvalue weighted by Crippen LogP contribution is -2.12. The van der Waals surface area contributed by atoms with E-state index in [1.165, 1.54) is 18.2 Å². The maximum atomic E-state index is 14.0. The van der Waals surface area contributed by atoms with Gasteiger partial charge in [-0.05, 0) is 60.0 Å². The third kappa shape index (κ3) is 2.85. The maximum absolute atomic E-state index is 14.0. The third-order valence-electron chi connectivity index (χ3n) is 4.59. The summed E-state index contributed by atoms with van der Waals surface area (Å²) in [6, 6.07) is 14.4. The van der Waals surface area contributed by atoms with Crippen LogP contribution in [0.1, 0.15) is 15.9 Å². The number of aromatic nitrogens is 2. The largest absolute Gasteiger partial charge is 0.366 e. The van der Waals surface area contributed by atoms with Gasteiger partial charge in [0.1, 0.15) is 11.6 Å². The van der Waals surface area contributed by atoms with E-state index < -0.39 is 17.5 Å². The highest BCUT2D eigenvalue weighted by molar-refractivity contribution is 5.96. The summed E-state index contributed by atoms with van der Waals surface area (Å²) in [6.45, 7) is 1.83. The number of fused-ring (bicyclic) bond motifs is 1. The quantitative estimate of drug-likeness (QED) is 0.588. The Morgan fingerprint density at radius 1 is 1.04 bits per heavy atom. The van der Waals surface area contributed by atoms with Crippen LogP contribution < -0.4 is 5.73 Å². The molecular formula is C21H15F2N3O. The van der Waals surface area contributed by atoms with E-state index in [-0.39, 0.29) is 11.3 Å². The standard InChI is InChI=1S/C21H15F2N3O/c1-12-15(4-2-5-16(12)21(24)27)13-8-9-26-14(10-13)11-19(25-26)20-17(22)6-3-7-18(20)23/h2-11H,1H3,(H2,24,27). The molecule has 27 heavy (non-hydrogen) atoms. The molecule has 0 atom stereocenters. The zero-order chi connectivity index (χ0) is 19.1. The molecule has 2 N–H and O–H groups in total. The van der Waals surface area contributed by atoms with Crippen molar-refractivity contribution in [3.63, 3.8) is 0 Å². The molecule has 2 aromatic heterocycles. The second-order valence-corrected chi connectivity index (χ2v) is 6.25. The zero-order valence-electron chi connectivity index (χ0n) is 14.4. The van der Waals surface area contributed by atoms with E-state index in [4.69, 9.17) is 5.73 Å². The molecule has 2 heterocycles. The first-order chi connectivity index (χ1) is 13.0. The maximum Gasteiger partial charge on any atom is 0.248 e. The van der Waals surface area contributed by atoms with Crippen molar-refractivity contribution in [3.05, 3.63) is 83.6 Å². The Labute approximate surface area is 153 Å². The van der Waals surface area contributed by atoms with Crippen LogP contribution in [0, 0.1) is 18.6 Å². The highest BCUT2D eigenvalue weighted by Crippen LogP contribution is 2.29. The number of primary amides is 1. The van der Waals surface area contributed by atoms with Crippen LogP contribution in [-0.2, 0) is 0 Å². The predicted molar refractivity (Wildman–Crippen MR) is 99.2 cm³/mol. The van der Waals surface area contributed by atoms with Crippen LogP contribution in [0.25, 0.3) is 27.9 Å². The Kier molecular flexibility index (Phi) is 3.96. The number of pyridine rings is 1. The molecule has 4 nitrogen and oxygen atoms in total. The highest BCUT2D eigenvalue weighted by Gasteiger charge is 2.15. The lowest BCUT2D eigenvalue weighted by molar-refractivity contribution is 0.0999. The van der Waals surface area contributed by atoms with Crippen LogP contribution >= 0.6 is 0 Å². The molecule has 0 spiro atoms. The molecule has 4 aromatic rings. The first-order valence-electron chi connectivity index (χ1n) is 8.29. The van der Waals surface area contributed by atoms with Crippen molar-refractivity contribution in [2.45, 2.75) is 6.92 Å². The molecule has 6 heteroatoms. The average molecular weight is 363 g/mol. The number of carbonyl (C=O) groups is 1. The number of nitrogens with two attached hydrogens (primary N) is 1. The molecule has 1 amide bonds. The molecule has 0 radical (unpaired) electrons. The van der Waals surface area contributed by atoms with E-state index in [1.807, 2.05) is 25.1 Å². The van der Waals surface area contributed by atoms with Crippen molar-refractivity contribution in [1.82, 2.24) is 9.61 Å². The Morgan fingerprint density at radius 3 is 2.44 bits per heavy atom. The number of carbonyl (C=O) groups excluding carboxylic acids is 1. The molecule has 0 aliphatic carbocycles. The fraction of sp³-hybridized carbons (Fsp3) is 0.0476. The summed E-state index contributed by atoms with van der Waals surface area (Å²) >= 11 is 0. The second kappa shape index (κ2) is 6.32. The van der Waals surface area contributed by atoms with Gasteiger partial charge in [-0.15, -0.1) is 0 Å². The van der Waals surface area contributed by atoms with E-state index in [1.54, 1.807) is 28.9 Å². The van der Waals surface area contributed by atoms with Gasteiger partial charge in [-0.1, -0.05) is 18.2 Å². The Bertz CT molecular complexity index is 1180. The molecular weight excluding hydrogens is 348 g/mol. The smallest absolute Gasteiger partial charge is 0.248 e. The van der Waals surface area contributed by atoms with Gasteiger partial charge in [-0.3, -0.25) is 4.79 Å². The van der Waals surface area contributed by atoms with Crippen LogP contribution in [0.5, 0.6) is 0 Å². The monoisotopic (exact) mass is 363 g/mol. The summed E-state index contributed by atoms with van der Waals surface area (Å²) < 4.78 is 29.7. The number of benzene rings is 2. The summed E-state index contributed by atoms with van der Waals surface area (Å²) in [4.78, 5) is 11.6. The molecule has 0 bridgehead atoms. The number of hydrogen-bond donors (Lipinski definition) is 1. The number of nitrogens with zero attached hydrogens (tertiary/aromatic N) is 2. The number of hydrogen-bond acceptors (Lipinski definition) is 2. The van der Waals surface area contributed by atoms with E-state index in [2.05, 4.69) is 5.10 Å². The molecule has 0 aliphatic heterocycles. The van der Waals surface area contributed by atoms with Gasteiger partial charge in [0, 0.05) is 11.8 Å². The van der Waals surface area contributed by atoms with Crippen LogP contribution in [0.3, 0.4) is 0 Å². The van der Waals surface area contributed by atoms with Crippen molar-refractivity contribution in [3.8, 4) is 22.4 Å². The van der Waals surface area contributed by atoms with Gasteiger partial charge in [0.15, 0.2) is 0 Å². The van der Waals surface area contributed by atoms with E-state index >= 15 is 0 Å². The van der Waals surface area contributed by atoms with Gasteiger partial charge in [0.25, 0.3) is 0 Å². The highest BCUT2D eigenvalue weighted by atomic mass is 19.1. The Balaban J connectivity index is 1.85. The average Bonchev–Trinajstić information content (AvgIpc) is 3.04. The Hall–Kier alpha value is -3.54. The molecule has 134 valence electrons. The Morgan fingerprint density at radius 2 is 1.74 bits per heavy atom. The SMILES string of the molecule is Cc1c(C(N)=O)cccc1-c1ccn2nc(-c3c(F)cccc3F)cc2c1. The van der Waals surface area contributed by atoms with Gasteiger partial charge in [-0.2, -0.15) is 5.10 Å². The van der Waals surface area contributed by atoms with Crippen molar-refractivity contribution in [1.29, 1.82) is 0 Å². The van der Waals surface area contributed by atoms with Gasteiger partial charge < -0.3 is 5.73 Å². The first kappa shape index (κ1) is 16.9. The van der Waals surface area contributed by atoms with Gasteiger partial charge in [-0.25, -0.2) is 13.3 Å². The van der Waals surface area contributed by atoms with Crippen molar-refractivity contribution in [2.24, 2.45) is 5.73 Å². The first-order valence-corrected chi connectivity index (χ1v) is 8.29. The van der Waals surface area contributed by atoms with Crippen molar-refractivity contribution >= 4 is 11.4 Å². The summed E-state index contributed by atoms with van der Waals surface area (Å²) in [5.41, 5.74) is 9.09. The van der Waals surface area contributed by atoms with Crippen LogP contribution in [0.4, 0.5) is 8.78 Å². The van der Waals surface area contributed by atoms with Crippen molar-refractivity contribution < 1.29 is 13.6 Å². The number of halogens is 2. The number of rotatable bonds is 3. The molecule has 0 aliphatic rings. The molecule has 0 unspecified atom stereocenters. The summed E-state index contributed by atoms with van der Waals surface area (Å²) in [6.07, 6.45) is 1.71. The van der Waals surface area contributed by atoms with Crippen LogP contribution in [0.15, 0.2) is 60.8 Å². The van der Waals surface area contributed by atoms with E-state index in [9.17, 15) is 13.6 Å². The number of amides is 1. The molecule has 0 fully saturated rings. The summed E-state index contributed by atoms with van der Waals surface area (Å²) in [7, 11) is 0. The van der Waals surface area contributed by atoms with Crippen LogP contribution in [-0.4, -0.2) is 15.5 Å². The molecule has 2 aromatic carbocycles.